The summed E-state index contributed by atoms with van der Waals surface area (Å²) in [6.45, 7) is -1.45. The second-order valence-electron chi connectivity index (χ2n) is 4.22. The highest BCUT2D eigenvalue weighted by molar-refractivity contribution is 5.57. The molecule has 0 aromatic rings. The van der Waals surface area contributed by atoms with Crippen LogP contribution < -0.4 is 0 Å². The van der Waals surface area contributed by atoms with Gasteiger partial charge in [0.25, 0.3) is 0 Å². The number of aliphatic hydroxyl groups is 9. The lowest BCUT2D eigenvalue weighted by Crippen LogP contribution is -2.46. The second kappa shape index (κ2) is 12.5. The molecule has 0 saturated heterocycles. The van der Waals surface area contributed by atoms with Crippen molar-refractivity contribution in [2.75, 3.05) is 13.2 Å². The van der Waals surface area contributed by atoms with E-state index in [1.165, 1.54) is 0 Å². The molecule has 0 saturated carbocycles. The Morgan fingerprint density at radius 1 is 0.591 bits per heavy atom. The number of carbonyl (C=O) groups excluding carboxylic acids is 2. The summed E-state index contributed by atoms with van der Waals surface area (Å²) in [5, 5.41) is 77.6. The zero-order chi connectivity index (χ0) is 17.9. The van der Waals surface area contributed by atoms with Gasteiger partial charge in [-0.25, -0.2) is 0 Å². The van der Waals surface area contributed by atoms with Crippen LogP contribution in [0.4, 0.5) is 0 Å². The normalized spacial score (nSPS) is 20.4. The third kappa shape index (κ3) is 8.43. The first-order valence-electron chi connectivity index (χ1n) is 6.06. The van der Waals surface area contributed by atoms with Crippen LogP contribution in [0, 0.1) is 0 Å². The molecule has 0 amide bonds. The summed E-state index contributed by atoms with van der Waals surface area (Å²) in [5.41, 5.74) is 0. The Kier molecular flexibility index (Phi) is 13.2. The number of aliphatic hydroxyl groups excluding tert-OH is 9. The van der Waals surface area contributed by atoms with E-state index >= 15 is 0 Å². The van der Waals surface area contributed by atoms with Crippen molar-refractivity contribution >= 4 is 12.6 Å². The molecule has 0 radical (unpaired) electrons. The number of hydrogen-bond acceptors (Lipinski definition) is 11. The van der Waals surface area contributed by atoms with Crippen LogP contribution in [-0.2, 0) is 9.59 Å². The predicted octanol–water partition coefficient (Wildman–Crippen LogP) is -6.12. The third-order valence-corrected chi connectivity index (χ3v) is 2.49. The van der Waals surface area contributed by atoms with E-state index in [1.807, 2.05) is 0 Å². The minimum Gasteiger partial charge on any atom is -0.394 e. The Balaban J connectivity index is 0. The number of hydrogen-bond donors (Lipinski definition) is 9. The quantitative estimate of drug-likeness (QED) is 0.181. The number of carbonyl (C=O) groups is 2. The van der Waals surface area contributed by atoms with Gasteiger partial charge in [0.05, 0.1) is 13.2 Å². The van der Waals surface area contributed by atoms with Gasteiger partial charge >= 0.3 is 0 Å². The van der Waals surface area contributed by atoms with E-state index in [0.29, 0.717) is 0 Å². The topological polar surface area (TPSA) is 216 Å². The molecule has 11 nitrogen and oxygen atoms in total. The van der Waals surface area contributed by atoms with Crippen LogP contribution in [0.1, 0.15) is 0 Å². The molecule has 0 aromatic heterocycles. The fourth-order valence-corrected chi connectivity index (χ4v) is 1.03. The van der Waals surface area contributed by atoms with Gasteiger partial charge in [-0.15, -0.1) is 0 Å². The molecule has 0 unspecified atom stereocenters. The summed E-state index contributed by atoms with van der Waals surface area (Å²) >= 11 is 0. The predicted molar refractivity (Wildman–Crippen MR) is 68.3 cm³/mol. The molecule has 9 N–H and O–H groups in total. The maximum atomic E-state index is 9.90. The smallest absolute Gasteiger partial charge is 0.151 e. The Morgan fingerprint density at radius 2 is 0.909 bits per heavy atom. The molecule has 0 aliphatic carbocycles. The molecule has 22 heavy (non-hydrogen) atoms. The maximum Gasteiger partial charge on any atom is 0.151 e. The first-order valence-corrected chi connectivity index (χ1v) is 6.06. The van der Waals surface area contributed by atoms with Gasteiger partial charge in [-0.3, -0.25) is 0 Å². The van der Waals surface area contributed by atoms with Crippen molar-refractivity contribution in [2.45, 2.75) is 42.7 Å². The van der Waals surface area contributed by atoms with E-state index in [0.717, 1.165) is 0 Å². The molecule has 0 aliphatic rings. The summed E-state index contributed by atoms with van der Waals surface area (Å²) in [6.07, 6.45) is -11.5. The lowest BCUT2D eigenvalue weighted by molar-refractivity contribution is -0.136. The van der Waals surface area contributed by atoms with Gasteiger partial charge < -0.3 is 55.5 Å². The molecule has 132 valence electrons. The van der Waals surface area contributed by atoms with Crippen molar-refractivity contribution in [1.82, 2.24) is 0 Å². The highest BCUT2D eigenvalue weighted by Gasteiger charge is 2.29. The Labute approximate surface area is 125 Å². The maximum absolute atomic E-state index is 9.90. The van der Waals surface area contributed by atoms with E-state index in [9.17, 15) is 9.59 Å². The largest absolute Gasteiger partial charge is 0.394 e. The van der Waals surface area contributed by atoms with Crippen molar-refractivity contribution in [2.24, 2.45) is 0 Å². The Morgan fingerprint density at radius 3 is 1.23 bits per heavy atom. The standard InChI is InChI=1S/C6H12O6.C5H10O5/c7-1-3(9)5(11)6(12)4(10)2-8;6-1-3(8)5(10)4(9)2-7/h1,3-6,8-12H,2H2;1,3-5,7-10H,2H2/t3-,4+,5+,6-;3-,4+,5-/m00/s1. The van der Waals surface area contributed by atoms with Crippen LogP contribution in [0.5, 0.6) is 0 Å². The minimum absolute atomic E-state index is 0.0258. The molecule has 0 fully saturated rings. The fraction of sp³-hybridized carbons (Fsp3) is 0.818. The minimum atomic E-state index is -1.79. The summed E-state index contributed by atoms with van der Waals surface area (Å²) in [7, 11) is 0. The first-order chi connectivity index (χ1) is 10.2. The molecule has 0 aliphatic heterocycles. The van der Waals surface area contributed by atoms with Crippen LogP contribution >= 0.6 is 0 Å². The second-order valence-corrected chi connectivity index (χ2v) is 4.22. The molecular weight excluding hydrogens is 308 g/mol. The average molecular weight is 330 g/mol. The number of rotatable bonds is 9. The molecule has 11 heteroatoms. The van der Waals surface area contributed by atoms with Crippen LogP contribution in [0.3, 0.4) is 0 Å². The van der Waals surface area contributed by atoms with Crippen LogP contribution in [0.2, 0.25) is 0 Å². The zero-order valence-electron chi connectivity index (χ0n) is 11.5. The fourth-order valence-electron chi connectivity index (χ4n) is 1.03. The van der Waals surface area contributed by atoms with E-state index in [2.05, 4.69) is 0 Å². The van der Waals surface area contributed by atoms with Gasteiger partial charge in [0.15, 0.2) is 12.6 Å². The lowest BCUT2D eigenvalue weighted by Gasteiger charge is -2.22. The lowest BCUT2D eigenvalue weighted by atomic mass is 10.0. The van der Waals surface area contributed by atoms with Gasteiger partial charge in [0, 0.05) is 0 Å². The molecule has 0 bridgehead atoms. The van der Waals surface area contributed by atoms with Crippen molar-refractivity contribution in [3.05, 3.63) is 0 Å². The third-order valence-electron chi connectivity index (χ3n) is 2.49. The van der Waals surface area contributed by atoms with E-state index < -0.39 is 55.9 Å². The monoisotopic (exact) mass is 330 g/mol. The Bertz CT molecular complexity index is 300. The molecule has 0 heterocycles. The highest BCUT2D eigenvalue weighted by atomic mass is 16.4. The van der Waals surface area contributed by atoms with Crippen LogP contribution in [-0.4, -0.2) is 114 Å². The number of aldehydes is 2. The first kappa shape index (κ1) is 23.2. The van der Waals surface area contributed by atoms with Gasteiger partial charge in [-0.05, 0) is 0 Å². The summed E-state index contributed by atoms with van der Waals surface area (Å²) in [5.74, 6) is 0. The van der Waals surface area contributed by atoms with Crippen molar-refractivity contribution < 1.29 is 55.5 Å². The van der Waals surface area contributed by atoms with Crippen molar-refractivity contribution in [3.8, 4) is 0 Å². The SMILES string of the molecule is O=C[C@H](O)[C@@H](O)[C@@H](O)[C@H](O)CO.O=C[C@H](O)[C@H](O)[C@H](O)CO. The molecular formula is C11H22O11. The molecule has 7 atom stereocenters. The van der Waals surface area contributed by atoms with Gasteiger partial charge in [0.1, 0.15) is 42.7 Å². The van der Waals surface area contributed by atoms with E-state index in [1.54, 1.807) is 0 Å². The van der Waals surface area contributed by atoms with E-state index in [-0.39, 0.29) is 12.6 Å². The average Bonchev–Trinajstić information content (AvgIpc) is 2.56. The van der Waals surface area contributed by atoms with Gasteiger partial charge in [-0.2, -0.15) is 0 Å². The highest BCUT2D eigenvalue weighted by Crippen LogP contribution is 2.03. The zero-order valence-corrected chi connectivity index (χ0v) is 11.5. The summed E-state index contributed by atoms with van der Waals surface area (Å²) in [4.78, 5) is 19.7. The van der Waals surface area contributed by atoms with Crippen LogP contribution in [0.25, 0.3) is 0 Å². The molecule has 0 rings (SSSR count). The summed E-state index contributed by atoms with van der Waals surface area (Å²) < 4.78 is 0. The van der Waals surface area contributed by atoms with Gasteiger partial charge in [0.2, 0.25) is 0 Å². The van der Waals surface area contributed by atoms with Crippen molar-refractivity contribution in [1.29, 1.82) is 0 Å². The Hall–Kier alpha value is -1.02. The summed E-state index contributed by atoms with van der Waals surface area (Å²) in [6, 6.07) is 0. The molecule has 0 aromatic carbocycles. The van der Waals surface area contributed by atoms with Crippen LogP contribution in [0.15, 0.2) is 0 Å². The van der Waals surface area contributed by atoms with Gasteiger partial charge in [-0.1, -0.05) is 0 Å². The molecule has 0 spiro atoms. The van der Waals surface area contributed by atoms with E-state index in [4.69, 9.17) is 46.0 Å². The van der Waals surface area contributed by atoms with Crippen molar-refractivity contribution in [3.63, 3.8) is 0 Å².